The second kappa shape index (κ2) is 3.45. The maximum absolute atomic E-state index is 13.8. The van der Waals surface area contributed by atoms with Crippen molar-refractivity contribution in [3.8, 4) is 0 Å². The number of nitrogens with zero attached hydrogens (tertiary/aromatic N) is 1. The number of halogens is 1. The molecule has 0 radical (unpaired) electrons. The molecule has 90 valence electrons. The average molecular weight is 235 g/mol. The number of rotatable bonds is 2. The molecular weight excluding hydrogens is 221 g/mol. The van der Waals surface area contributed by atoms with Crippen LogP contribution in [0.2, 0.25) is 0 Å². The normalized spacial score (nSPS) is 20.9. The van der Waals surface area contributed by atoms with Crippen LogP contribution in [0.3, 0.4) is 0 Å². The van der Waals surface area contributed by atoms with Gasteiger partial charge in [-0.25, -0.2) is 9.18 Å². The summed E-state index contributed by atoms with van der Waals surface area (Å²) in [4.78, 5) is 12.7. The van der Waals surface area contributed by atoms with Gasteiger partial charge in [-0.05, 0) is 31.0 Å². The number of benzene rings is 1. The molecule has 1 spiro atoms. The molecule has 1 aromatic rings. The van der Waals surface area contributed by atoms with Crippen LogP contribution in [0.15, 0.2) is 18.2 Å². The monoisotopic (exact) mass is 235 g/mol. The van der Waals surface area contributed by atoms with E-state index in [0.29, 0.717) is 11.1 Å². The number of hydrogen-bond donors (Lipinski definition) is 1. The van der Waals surface area contributed by atoms with Crippen molar-refractivity contribution in [1.82, 2.24) is 0 Å². The molecule has 3 nitrogen and oxygen atoms in total. The van der Waals surface area contributed by atoms with Crippen LogP contribution in [0.4, 0.5) is 10.1 Å². The molecule has 2 fully saturated rings. The Morgan fingerprint density at radius 3 is 2.53 bits per heavy atom. The minimum absolute atomic E-state index is 0.00475. The van der Waals surface area contributed by atoms with Gasteiger partial charge in [0.1, 0.15) is 5.82 Å². The highest BCUT2D eigenvalue weighted by Gasteiger charge is 2.47. The van der Waals surface area contributed by atoms with Crippen molar-refractivity contribution in [2.45, 2.75) is 19.3 Å². The Balaban J connectivity index is 1.78. The van der Waals surface area contributed by atoms with E-state index in [0.717, 1.165) is 19.2 Å². The van der Waals surface area contributed by atoms with Crippen LogP contribution in [0.5, 0.6) is 0 Å². The van der Waals surface area contributed by atoms with Gasteiger partial charge < -0.3 is 10.0 Å². The van der Waals surface area contributed by atoms with E-state index in [1.54, 1.807) is 6.07 Å². The summed E-state index contributed by atoms with van der Waals surface area (Å²) in [5.74, 6) is -1.52. The zero-order valence-corrected chi connectivity index (χ0v) is 9.45. The first kappa shape index (κ1) is 10.6. The van der Waals surface area contributed by atoms with Crippen LogP contribution in [0.1, 0.15) is 29.6 Å². The van der Waals surface area contributed by atoms with Crippen LogP contribution >= 0.6 is 0 Å². The van der Waals surface area contributed by atoms with Crippen LogP contribution in [-0.4, -0.2) is 24.2 Å². The summed E-state index contributed by atoms with van der Waals surface area (Å²) in [5, 5.41) is 8.76. The molecular formula is C13H14FNO2. The lowest BCUT2D eigenvalue weighted by atomic mass is 9.63. The van der Waals surface area contributed by atoms with Gasteiger partial charge in [0.15, 0.2) is 0 Å². The van der Waals surface area contributed by atoms with Crippen LogP contribution < -0.4 is 4.90 Å². The molecule has 0 amide bonds. The van der Waals surface area contributed by atoms with Crippen molar-refractivity contribution < 1.29 is 14.3 Å². The van der Waals surface area contributed by atoms with Gasteiger partial charge in [0, 0.05) is 18.5 Å². The number of carbonyl (C=O) groups is 1. The highest BCUT2D eigenvalue weighted by molar-refractivity contribution is 5.88. The van der Waals surface area contributed by atoms with Gasteiger partial charge >= 0.3 is 5.97 Å². The quantitative estimate of drug-likeness (QED) is 0.856. The van der Waals surface area contributed by atoms with E-state index in [1.807, 2.05) is 4.90 Å². The molecule has 1 aromatic carbocycles. The summed E-state index contributed by atoms with van der Waals surface area (Å²) in [6.45, 7) is 1.83. The van der Waals surface area contributed by atoms with Crippen molar-refractivity contribution in [2.75, 3.05) is 18.0 Å². The van der Waals surface area contributed by atoms with E-state index in [1.165, 1.54) is 25.3 Å². The molecule has 1 saturated heterocycles. The van der Waals surface area contributed by atoms with Crippen molar-refractivity contribution in [2.24, 2.45) is 5.41 Å². The molecule has 1 heterocycles. The molecule has 17 heavy (non-hydrogen) atoms. The molecule has 1 aliphatic heterocycles. The standard InChI is InChI=1S/C13H14FNO2/c14-10-6-9(12(16)17)2-3-11(10)15-7-13(8-15)4-1-5-13/h2-3,6H,1,4-5,7-8H2,(H,16,17). The third-order valence-corrected chi connectivity index (χ3v) is 4.00. The highest BCUT2D eigenvalue weighted by Crippen LogP contribution is 2.49. The number of carboxylic acid groups (broad SMARTS) is 1. The Hall–Kier alpha value is -1.58. The lowest BCUT2D eigenvalue weighted by molar-refractivity contribution is 0.0696. The van der Waals surface area contributed by atoms with E-state index in [9.17, 15) is 9.18 Å². The molecule has 3 rings (SSSR count). The van der Waals surface area contributed by atoms with Gasteiger partial charge in [0.25, 0.3) is 0 Å². The van der Waals surface area contributed by atoms with E-state index >= 15 is 0 Å². The maximum atomic E-state index is 13.8. The lowest BCUT2D eigenvalue weighted by Crippen LogP contribution is -2.60. The summed E-state index contributed by atoms with van der Waals surface area (Å²) in [6.07, 6.45) is 3.78. The van der Waals surface area contributed by atoms with Crippen molar-refractivity contribution in [3.05, 3.63) is 29.6 Å². The summed E-state index contributed by atoms with van der Waals surface area (Å²) in [6, 6.07) is 4.14. The highest BCUT2D eigenvalue weighted by atomic mass is 19.1. The van der Waals surface area contributed by atoms with Gasteiger partial charge in [-0.2, -0.15) is 0 Å². The summed E-state index contributed by atoms with van der Waals surface area (Å²) in [5.41, 5.74) is 0.982. The van der Waals surface area contributed by atoms with E-state index < -0.39 is 11.8 Å². The first-order chi connectivity index (χ1) is 8.10. The lowest BCUT2D eigenvalue weighted by Gasteiger charge is -2.57. The molecule has 1 aliphatic carbocycles. The zero-order valence-electron chi connectivity index (χ0n) is 9.45. The molecule has 0 aromatic heterocycles. The fraction of sp³-hybridized carbons (Fsp3) is 0.462. The predicted octanol–water partition coefficient (Wildman–Crippen LogP) is 2.51. The first-order valence-electron chi connectivity index (χ1n) is 5.88. The smallest absolute Gasteiger partial charge is 0.335 e. The predicted molar refractivity (Wildman–Crippen MR) is 61.9 cm³/mol. The summed E-state index contributed by atoms with van der Waals surface area (Å²) < 4.78 is 13.8. The minimum atomic E-state index is -1.09. The van der Waals surface area contributed by atoms with Gasteiger partial charge in [0.2, 0.25) is 0 Å². The first-order valence-corrected chi connectivity index (χ1v) is 5.88. The third kappa shape index (κ3) is 1.59. The SMILES string of the molecule is O=C(O)c1ccc(N2CC3(CCC3)C2)c(F)c1. The van der Waals surface area contributed by atoms with Crippen molar-refractivity contribution >= 4 is 11.7 Å². The molecule has 0 unspecified atom stereocenters. The number of anilines is 1. The fourth-order valence-corrected chi connectivity index (χ4v) is 2.82. The van der Waals surface area contributed by atoms with Crippen molar-refractivity contribution in [1.29, 1.82) is 0 Å². The number of aromatic carboxylic acids is 1. The topological polar surface area (TPSA) is 40.5 Å². The van der Waals surface area contributed by atoms with E-state index in [2.05, 4.69) is 0 Å². The maximum Gasteiger partial charge on any atom is 0.335 e. The minimum Gasteiger partial charge on any atom is -0.478 e. The van der Waals surface area contributed by atoms with E-state index in [4.69, 9.17) is 5.11 Å². The Bertz CT molecular complexity index is 474. The fourth-order valence-electron chi connectivity index (χ4n) is 2.82. The van der Waals surface area contributed by atoms with Crippen molar-refractivity contribution in [3.63, 3.8) is 0 Å². The Kier molecular flexibility index (Phi) is 2.15. The van der Waals surface area contributed by atoms with Crippen LogP contribution in [0, 0.1) is 11.2 Å². The van der Waals surface area contributed by atoms with Gasteiger partial charge in [0.05, 0.1) is 11.3 Å². The van der Waals surface area contributed by atoms with Gasteiger partial charge in [-0.3, -0.25) is 0 Å². The third-order valence-electron chi connectivity index (χ3n) is 4.00. The molecule has 1 saturated carbocycles. The largest absolute Gasteiger partial charge is 0.478 e. The Morgan fingerprint density at radius 2 is 2.06 bits per heavy atom. The summed E-state index contributed by atoms with van der Waals surface area (Å²) >= 11 is 0. The zero-order chi connectivity index (χ0) is 12.0. The van der Waals surface area contributed by atoms with E-state index in [-0.39, 0.29) is 5.56 Å². The Morgan fingerprint density at radius 1 is 1.35 bits per heavy atom. The molecule has 2 aliphatic rings. The number of carboxylic acids is 1. The number of hydrogen-bond acceptors (Lipinski definition) is 2. The Labute approximate surface area is 98.9 Å². The second-order valence-corrected chi connectivity index (χ2v) is 5.18. The van der Waals surface area contributed by atoms with Gasteiger partial charge in [-0.1, -0.05) is 6.42 Å². The second-order valence-electron chi connectivity index (χ2n) is 5.18. The molecule has 0 bridgehead atoms. The summed E-state index contributed by atoms with van der Waals surface area (Å²) in [7, 11) is 0. The average Bonchev–Trinajstić information content (AvgIpc) is 2.15. The molecule has 0 atom stereocenters. The van der Waals surface area contributed by atoms with Crippen LogP contribution in [0.25, 0.3) is 0 Å². The van der Waals surface area contributed by atoms with Crippen LogP contribution in [-0.2, 0) is 0 Å². The molecule has 4 heteroatoms. The molecule has 1 N–H and O–H groups in total. The van der Waals surface area contributed by atoms with Gasteiger partial charge in [-0.15, -0.1) is 0 Å².